The fraction of sp³-hybridized carbons (Fsp3) is 0.222. The summed E-state index contributed by atoms with van der Waals surface area (Å²) in [6, 6.07) is 17.9. The minimum absolute atomic E-state index is 0.129. The van der Waals surface area contributed by atoms with Crippen LogP contribution >= 0.6 is 0 Å². The molecule has 0 fully saturated rings. The van der Waals surface area contributed by atoms with Gasteiger partial charge in [0, 0.05) is 13.0 Å². The predicted molar refractivity (Wildman–Crippen MR) is 85.5 cm³/mol. The molecule has 1 atom stereocenters. The van der Waals surface area contributed by atoms with Crippen LogP contribution in [-0.4, -0.2) is 17.7 Å². The number of amides is 1. The minimum Gasteiger partial charge on any atom is -0.382 e. The Kier molecular flexibility index (Phi) is 4.19. The summed E-state index contributed by atoms with van der Waals surface area (Å²) in [7, 11) is 0. The van der Waals surface area contributed by atoms with Crippen molar-refractivity contribution in [3.63, 3.8) is 0 Å². The highest BCUT2D eigenvalue weighted by atomic mass is 16.6. The van der Waals surface area contributed by atoms with Gasteiger partial charge in [-0.1, -0.05) is 65.3 Å². The highest BCUT2D eigenvalue weighted by Gasteiger charge is 2.28. The first kappa shape index (κ1) is 14.3. The Morgan fingerprint density at radius 3 is 2.64 bits per heavy atom. The normalized spacial score (nSPS) is 16.8. The zero-order valence-corrected chi connectivity index (χ0v) is 12.5. The van der Waals surface area contributed by atoms with Gasteiger partial charge >= 0.3 is 0 Å². The van der Waals surface area contributed by atoms with Crippen molar-refractivity contribution in [2.45, 2.75) is 26.0 Å². The molecule has 0 aliphatic carbocycles. The third-order valence-corrected chi connectivity index (χ3v) is 3.66. The molecule has 1 amide bonds. The van der Waals surface area contributed by atoms with Gasteiger partial charge in [0.2, 0.25) is 6.10 Å². The Labute approximate surface area is 129 Å². The number of hydrogen-bond acceptors (Lipinski definition) is 3. The van der Waals surface area contributed by atoms with Crippen LogP contribution in [0.3, 0.4) is 0 Å². The quantitative estimate of drug-likeness (QED) is 0.942. The third-order valence-electron chi connectivity index (χ3n) is 3.66. The second-order valence-electron chi connectivity index (χ2n) is 5.41. The van der Waals surface area contributed by atoms with Gasteiger partial charge in [0.15, 0.2) is 0 Å². The molecule has 4 heteroatoms. The SMILES string of the molecule is Cc1ccc(CNC(=O)C2CC(c3ccccc3)=NO2)cc1. The van der Waals surface area contributed by atoms with E-state index in [2.05, 4.69) is 10.5 Å². The van der Waals surface area contributed by atoms with E-state index in [0.717, 1.165) is 16.8 Å². The van der Waals surface area contributed by atoms with Gasteiger partial charge in [0.05, 0.1) is 5.71 Å². The summed E-state index contributed by atoms with van der Waals surface area (Å²) in [5, 5.41) is 6.93. The summed E-state index contributed by atoms with van der Waals surface area (Å²) in [6.07, 6.45) is -0.0373. The summed E-state index contributed by atoms with van der Waals surface area (Å²) in [5.41, 5.74) is 4.09. The Morgan fingerprint density at radius 2 is 1.91 bits per heavy atom. The first-order chi connectivity index (χ1) is 10.7. The molecular weight excluding hydrogens is 276 g/mol. The van der Waals surface area contributed by atoms with Crippen LogP contribution in [0.5, 0.6) is 0 Å². The van der Waals surface area contributed by atoms with Crippen molar-refractivity contribution in [3.05, 3.63) is 71.3 Å². The number of rotatable bonds is 4. The van der Waals surface area contributed by atoms with E-state index in [1.54, 1.807) is 0 Å². The monoisotopic (exact) mass is 294 g/mol. The van der Waals surface area contributed by atoms with E-state index < -0.39 is 6.10 Å². The van der Waals surface area contributed by atoms with Gasteiger partial charge in [-0.2, -0.15) is 0 Å². The molecule has 112 valence electrons. The maximum absolute atomic E-state index is 12.2. The molecule has 4 nitrogen and oxygen atoms in total. The standard InChI is InChI=1S/C18H18N2O2/c1-13-7-9-14(10-8-13)12-19-18(21)17-11-16(20-22-17)15-5-3-2-4-6-15/h2-10,17H,11-12H2,1H3,(H,19,21). The lowest BCUT2D eigenvalue weighted by molar-refractivity contribution is -0.131. The maximum Gasteiger partial charge on any atom is 0.264 e. The Morgan fingerprint density at radius 1 is 1.18 bits per heavy atom. The van der Waals surface area contributed by atoms with E-state index >= 15 is 0 Å². The summed E-state index contributed by atoms with van der Waals surface area (Å²) < 4.78 is 0. The maximum atomic E-state index is 12.2. The lowest BCUT2D eigenvalue weighted by Crippen LogP contribution is -2.34. The van der Waals surface area contributed by atoms with E-state index in [-0.39, 0.29) is 5.91 Å². The Balaban J connectivity index is 1.53. The van der Waals surface area contributed by atoms with Crippen molar-refractivity contribution in [3.8, 4) is 0 Å². The highest BCUT2D eigenvalue weighted by molar-refractivity contribution is 6.04. The lowest BCUT2D eigenvalue weighted by Gasteiger charge is -2.09. The molecule has 0 radical (unpaired) electrons. The second kappa shape index (κ2) is 6.43. The topological polar surface area (TPSA) is 50.7 Å². The third kappa shape index (κ3) is 3.34. The molecule has 3 rings (SSSR count). The van der Waals surface area contributed by atoms with Crippen LogP contribution in [0.4, 0.5) is 0 Å². The summed E-state index contributed by atoms with van der Waals surface area (Å²) in [6.45, 7) is 2.54. The van der Waals surface area contributed by atoms with Crippen LogP contribution in [0.15, 0.2) is 59.8 Å². The van der Waals surface area contributed by atoms with Gasteiger partial charge < -0.3 is 10.2 Å². The van der Waals surface area contributed by atoms with Crippen LogP contribution in [0.2, 0.25) is 0 Å². The summed E-state index contributed by atoms with van der Waals surface area (Å²) in [4.78, 5) is 17.4. The average molecular weight is 294 g/mol. The van der Waals surface area contributed by atoms with Crippen LogP contribution in [0, 0.1) is 6.92 Å². The fourth-order valence-electron chi connectivity index (χ4n) is 2.33. The number of carbonyl (C=O) groups excluding carboxylic acids is 1. The largest absolute Gasteiger partial charge is 0.382 e. The van der Waals surface area contributed by atoms with Gasteiger partial charge in [-0.25, -0.2) is 0 Å². The number of nitrogens with one attached hydrogen (secondary N) is 1. The lowest BCUT2D eigenvalue weighted by atomic mass is 10.0. The molecule has 0 spiro atoms. The molecule has 1 aliphatic rings. The van der Waals surface area contributed by atoms with Crippen LogP contribution in [0.25, 0.3) is 0 Å². The smallest absolute Gasteiger partial charge is 0.264 e. The van der Waals surface area contributed by atoms with E-state index in [1.165, 1.54) is 5.56 Å². The van der Waals surface area contributed by atoms with E-state index in [1.807, 2.05) is 61.5 Å². The zero-order chi connectivity index (χ0) is 15.4. The predicted octanol–water partition coefficient (Wildman–Crippen LogP) is 2.80. The van der Waals surface area contributed by atoms with Gasteiger partial charge in [0.1, 0.15) is 0 Å². The van der Waals surface area contributed by atoms with Crippen molar-refractivity contribution in [1.29, 1.82) is 0 Å². The molecule has 22 heavy (non-hydrogen) atoms. The Hall–Kier alpha value is -2.62. The number of carbonyl (C=O) groups is 1. The van der Waals surface area contributed by atoms with Crippen molar-refractivity contribution >= 4 is 11.6 Å². The molecular formula is C18H18N2O2. The van der Waals surface area contributed by atoms with Gasteiger partial charge in [0.25, 0.3) is 5.91 Å². The molecule has 0 saturated heterocycles. The molecule has 0 saturated carbocycles. The zero-order valence-electron chi connectivity index (χ0n) is 12.5. The highest BCUT2D eigenvalue weighted by Crippen LogP contribution is 2.16. The number of aryl methyl sites for hydroxylation is 1. The van der Waals surface area contributed by atoms with E-state index in [0.29, 0.717) is 13.0 Å². The van der Waals surface area contributed by atoms with E-state index in [9.17, 15) is 4.79 Å². The summed E-state index contributed by atoms with van der Waals surface area (Å²) >= 11 is 0. The van der Waals surface area contributed by atoms with Crippen molar-refractivity contribution in [1.82, 2.24) is 5.32 Å². The van der Waals surface area contributed by atoms with Crippen LogP contribution in [0.1, 0.15) is 23.1 Å². The Bertz CT molecular complexity index is 678. The molecule has 1 unspecified atom stereocenters. The first-order valence-electron chi connectivity index (χ1n) is 7.34. The van der Waals surface area contributed by atoms with Crippen LogP contribution < -0.4 is 5.32 Å². The van der Waals surface area contributed by atoms with Crippen LogP contribution in [-0.2, 0) is 16.2 Å². The number of nitrogens with zero attached hydrogens (tertiary/aromatic N) is 1. The molecule has 0 bridgehead atoms. The summed E-state index contributed by atoms with van der Waals surface area (Å²) in [5.74, 6) is -0.129. The molecule has 1 N–H and O–H groups in total. The second-order valence-corrected chi connectivity index (χ2v) is 5.41. The molecule has 1 heterocycles. The minimum atomic E-state index is -0.541. The molecule has 2 aromatic rings. The molecule has 1 aliphatic heterocycles. The van der Waals surface area contributed by atoms with E-state index in [4.69, 9.17) is 4.84 Å². The molecule has 0 aromatic heterocycles. The van der Waals surface area contributed by atoms with Gasteiger partial charge in [-0.05, 0) is 18.1 Å². The van der Waals surface area contributed by atoms with Crippen molar-refractivity contribution in [2.24, 2.45) is 5.16 Å². The van der Waals surface area contributed by atoms with Crippen molar-refractivity contribution < 1.29 is 9.63 Å². The number of benzene rings is 2. The van der Waals surface area contributed by atoms with Crippen molar-refractivity contribution in [2.75, 3.05) is 0 Å². The first-order valence-corrected chi connectivity index (χ1v) is 7.34. The number of oxime groups is 1. The molecule has 2 aromatic carbocycles. The number of hydrogen-bond donors (Lipinski definition) is 1. The fourth-order valence-corrected chi connectivity index (χ4v) is 2.33. The van der Waals surface area contributed by atoms with Gasteiger partial charge in [-0.15, -0.1) is 0 Å². The van der Waals surface area contributed by atoms with Gasteiger partial charge in [-0.3, -0.25) is 4.79 Å². The average Bonchev–Trinajstić information content (AvgIpc) is 3.05.